The van der Waals surface area contributed by atoms with Crippen LogP contribution in [0.3, 0.4) is 0 Å². The molecule has 1 aliphatic heterocycles. The number of piperidine rings is 1. The number of aryl methyl sites for hydroxylation is 2. The summed E-state index contributed by atoms with van der Waals surface area (Å²) in [6.45, 7) is 3.88. The Morgan fingerprint density at radius 1 is 1.29 bits per heavy atom. The predicted octanol–water partition coefficient (Wildman–Crippen LogP) is 3.71. The van der Waals surface area contributed by atoms with Crippen molar-refractivity contribution in [2.75, 3.05) is 18.4 Å². The lowest BCUT2D eigenvalue weighted by atomic mass is 9.98. The van der Waals surface area contributed by atoms with Gasteiger partial charge in [-0.1, -0.05) is 12.1 Å². The number of hydrogen-bond acceptors (Lipinski definition) is 5. The van der Waals surface area contributed by atoms with E-state index >= 15 is 0 Å². The van der Waals surface area contributed by atoms with E-state index in [1.165, 1.54) is 23.5 Å². The highest BCUT2D eigenvalue weighted by atomic mass is 32.1. The van der Waals surface area contributed by atoms with Crippen molar-refractivity contribution in [1.82, 2.24) is 20.1 Å². The summed E-state index contributed by atoms with van der Waals surface area (Å²) in [6, 6.07) is 8.16. The molecule has 3 aromatic rings. The van der Waals surface area contributed by atoms with Gasteiger partial charge < -0.3 is 5.32 Å². The molecule has 2 aromatic heterocycles. The lowest BCUT2D eigenvalue weighted by molar-refractivity contribution is 0.102. The van der Waals surface area contributed by atoms with Crippen LogP contribution < -0.4 is 10.6 Å². The molecule has 1 fully saturated rings. The maximum absolute atomic E-state index is 13.2. The highest BCUT2D eigenvalue weighted by molar-refractivity contribution is 7.17. The number of nitrogens with one attached hydrogen (secondary N) is 2. The van der Waals surface area contributed by atoms with Gasteiger partial charge in [-0.3, -0.25) is 10.1 Å². The van der Waals surface area contributed by atoms with Gasteiger partial charge in [-0.05, 0) is 62.2 Å². The largest absolute Gasteiger partial charge is 0.317 e. The zero-order valence-electron chi connectivity index (χ0n) is 15.8. The molecule has 1 saturated heterocycles. The summed E-state index contributed by atoms with van der Waals surface area (Å²) < 4.78 is 14.8. The first-order chi connectivity index (χ1) is 13.5. The Bertz CT molecular complexity index is 989. The number of carbonyl (C=O) groups is 1. The van der Waals surface area contributed by atoms with Gasteiger partial charge in [0.2, 0.25) is 5.95 Å². The van der Waals surface area contributed by atoms with Crippen LogP contribution >= 0.6 is 11.3 Å². The van der Waals surface area contributed by atoms with Gasteiger partial charge in [0.15, 0.2) is 5.82 Å². The minimum Gasteiger partial charge on any atom is -0.317 e. The van der Waals surface area contributed by atoms with Gasteiger partial charge in [-0.15, -0.1) is 11.3 Å². The molecule has 0 atom stereocenters. The van der Waals surface area contributed by atoms with Crippen LogP contribution in [0.15, 0.2) is 30.3 Å². The lowest BCUT2D eigenvalue weighted by Crippen LogP contribution is -2.27. The Labute approximate surface area is 166 Å². The molecular weight excluding hydrogens is 377 g/mol. The fourth-order valence-corrected chi connectivity index (χ4v) is 4.48. The van der Waals surface area contributed by atoms with Crippen molar-refractivity contribution < 1.29 is 9.18 Å². The van der Waals surface area contributed by atoms with Gasteiger partial charge in [0.05, 0.1) is 4.88 Å². The first kappa shape index (κ1) is 18.8. The molecule has 0 bridgehead atoms. The van der Waals surface area contributed by atoms with E-state index in [1.54, 1.807) is 23.9 Å². The second-order valence-electron chi connectivity index (χ2n) is 7.03. The Balaban J connectivity index is 1.52. The summed E-state index contributed by atoms with van der Waals surface area (Å²) in [5.74, 6) is 1.07. The molecule has 0 saturated carbocycles. The zero-order valence-corrected chi connectivity index (χ0v) is 16.6. The highest BCUT2D eigenvalue weighted by Crippen LogP contribution is 2.33. The molecule has 0 unspecified atom stereocenters. The first-order valence-corrected chi connectivity index (χ1v) is 10.1. The van der Waals surface area contributed by atoms with Crippen molar-refractivity contribution in [3.63, 3.8) is 0 Å². The number of aromatic nitrogens is 3. The maximum Gasteiger partial charge on any atom is 0.268 e. The number of nitrogens with zero attached hydrogens (tertiary/aromatic N) is 3. The van der Waals surface area contributed by atoms with Gasteiger partial charge >= 0.3 is 0 Å². The Morgan fingerprint density at radius 3 is 2.71 bits per heavy atom. The molecule has 0 aliphatic carbocycles. The molecule has 6 nitrogen and oxygen atoms in total. The molecule has 1 aromatic carbocycles. The third-order valence-electron chi connectivity index (χ3n) is 4.96. The van der Waals surface area contributed by atoms with Crippen LogP contribution in [0.25, 0.3) is 10.4 Å². The summed E-state index contributed by atoms with van der Waals surface area (Å²) in [5.41, 5.74) is 1.88. The molecule has 1 aliphatic rings. The molecule has 28 heavy (non-hydrogen) atoms. The quantitative estimate of drug-likeness (QED) is 0.702. The molecule has 3 heterocycles. The van der Waals surface area contributed by atoms with Crippen LogP contribution in [-0.4, -0.2) is 33.8 Å². The SMILES string of the molecule is Cc1cc(C(=O)Nc2nc(C3CCNCC3)nn2C)sc1-c1ccc(F)cc1. The fraction of sp³-hybridized carbons (Fsp3) is 0.350. The van der Waals surface area contributed by atoms with E-state index < -0.39 is 0 Å². The van der Waals surface area contributed by atoms with Crippen LogP contribution in [-0.2, 0) is 7.05 Å². The number of hydrogen-bond donors (Lipinski definition) is 2. The Hall–Kier alpha value is -2.58. The number of anilines is 1. The van der Waals surface area contributed by atoms with Crippen molar-refractivity contribution in [1.29, 1.82) is 0 Å². The summed E-state index contributed by atoms with van der Waals surface area (Å²) in [6.07, 6.45) is 2.01. The van der Waals surface area contributed by atoms with Gasteiger partial charge in [0.1, 0.15) is 5.82 Å². The summed E-state index contributed by atoms with van der Waals surface area (Å²) in [4.78, 5) is 18.8. The average molecular weight is 399 g/mol. The van der Waals surface area contributed by atoms with Crippen LogP contribution in [0.2, 0.25) is 0 Å². The molecule has 2 N–H and O–H groups in total. The van der Waals surface area contributed by atoms with Crippen molar-refractivity contribution in [3.8, 4) is 10.4 Å². The molecular formula is C20H22FN5OS. The molecule has 146 valence electrons. The third kappa shape index (κ3) is 3.83. The van der Waals surface area contributed by atoms with Crippen LogP contribution in [0.5, 0.6) is 0 Å². The van der Waals surface area contributed by atoms with Gasteiger partial charge in [0, 0.05) is 17.8 Å². The van der Waals surface area contributed by atoms with E-state index in [1.807, 2.05) is 13.0 Å². The summed E-state index contributed by atoms with van der Waals surface area (Å²) >= 11 is 1.39. The number of halogens is 1. The standard InChI is InChI=1S/C20H22FN5OS/c1-12-11-16(28-17(12)13-3-5-15(21)6-4-13)19(27)24-20-23-18(25-26(20)2)14-7-9-22-10-8-14/h3-6,11,14,22H,7-10H2,1-2H3,(H,23,24,25,27). The van der Waals surface area contributed by atoms with E-state index in [9.17, 15) is 9.18 Å². The predicted molar refractivity (Wildman–Crippen MR) is 108 cm³/mol. The monoisotopic (exact) mass is 399 g/mol. The van der Waals surface area contributed by atoms with E-state index in [-0.39, 0.29) is 11.7 Å². The van der Waals surface area contributed by atoms with E-state index in [4.69, 9.17) is 0 Å². The number of amides is 1. The van der Waals surface area contributed by atoms with Crippen molar-refractivity contribution in [2.24, 2.45) is 7.05 Å². The van der Waals surface area contributed by atoms with E-state index in [2.05, 4.69) is 20.7 Å². The molecule has 0 spiro atoms. The van der Waals surface area contributed by atoms with Gasteiger partial charge in [-0.2, -0.15) is 10.1 Å². The highest BCUT2D eigenvalue weighted by Gasteiger charge is 2.22. The van der Waals surface area contributed by atoms with E-state index in [0.29, 0.717) is 16.7 Å². The number of carbonyl (C=O) groups excluding carboxylic acids is 1. The van der Waals surface area contributed by atoms with Crippen molar-refractivity contribution in [3.05, 3.63) is 52.4 Å². The minimum absolute atomic E-state index is 0.214. The maximum atomic E-state index is 13.2. The minimum atomic E-state index is -0.275. The number of benzene rings is 1. The second kappa shape index (κ2) is 7.81. The number of thiophene rings is 1. The smallest absolute Gasteiger partial charge is 0.268 e. The fourth-order valence-electron chi connectivity index (χ4n) is 3.41. The van der Waals surface area contributed by atoms with Crippen LogP contribution in [0, 0.1) is 12.7 Å². The zero-order chi connectivity index (χ0) is 19.7. The lowest BCUT2D eigenvalue weighted by Gasteiger charge is -2.19. The molecule has 8 heteroatoms. The number of rotatable bonds is 4. The van der Waals surface area contributed by atoms with Gasteiger partial charge in [0.25, 0.3) is 5.91 Å². The second-order valence-corrected chi connectivity index (χ2v) is 8.08. The third-order valence-corrected chi connectivity index (χ3v) is 6.24. The van der Waals surface area contributed by atoms with Crippen LogP contribution in [0.1, 0.15) is 39.8 Å². The first-order valence-electron chi connectivity index (χ1n) is 9.30. The Morgan fingerprint density at radius 2 is 2.00 bits per heavy atom. The summed E-state index contributed by atoms with van der Waals surface area (Å²) in [7, 11) is 1.79. The Kier molecular flexibility index (Phi) is 5.23. The molecule has 4 rings (SSSR count). The van der Waals surface area contributed by atoms with Gasteiger partial charge in [-0.25, -0.2) is 9.07 Å². The van der Waals surface area contributed by atoms with Crippen LogP contribution in [0.4, 0.5) is 10.3 Å². The van der Waals surface area contributed by atoms with E-state index in [0.717, 1.165) is 47.8 Å². The summed E-state index contributed by atoms with van der Waals surface area (Å²) in [5, 5.41) is 10.7. The van der Waals surface area contributed by atoms with Crippen molar-refractivity contribution >= 4 is 23.2 Å². The molecule has 0 radical (unpaired) electrons. The normalized spacial score (nSPS) is 15.0. The van der Waals surface area contributed by atoms with Crippen molar-refractivity contribution in [2.45, 2.75) is 25.7 Å². The molecule has 1 amide bonds. The average Bonchev–Trinajstić information content (AvgIpc) is 3.26. The topological polar surface area (TPSA) is 71.8 Å².